The molecule has 136 valence electrons. The molecule has 4 aromatic rings. The molecule has 0 aromatic carbocycles. The Morgan fingerprint density at radius 1 is 1.15 bits per heavy atom. The van der Waals surface area contributed by atoms with Crippen LogP contribution in [0, 0.1) is 6.92 Å². The molecule has 0 spiro atoms. The monoisotopic (exact) mass is 361 g/mol. The van der Waals surface area contributed by atoms with Crippen LogP contribution >= 0.6 is 0 Å². The number of aliphatic hydroxyl groups excluding tert-OH is 1. The van der Waals surface area contributed by atoms with Crippen molar-refractivity contribution in [1.82, 2.24) is 18.9 Å². The van der Waals surface area contributed by atoms with E-state index in [0.29, 0.717) is 25.0 Å². The molecule has 0 unspecified atom stereocenters. The van der Waals surface area contributed by atoms with E-state index < -0.39 is 0 Å². The maximum atomic E-state index is 13.0. The highest BCUT2D eigenvalue weighted by atomic mass is 16.3. The van der Waals surface area contributed by atoms with Gasteiger partial charge in [-0.1, -0.05) is 6.07 Å². The molecule has 1 N–H and O–H groups in total. The van der Waals surface area contributed by atoms with Gasteiger partial charge < -0.3 is 19.0 Å². The zero-order chi connectivity index (χ0) is 18.5. The summed E-state index contributed by atoms with van der Waals surface area (Å²) in [7, 11) is 0. The van der Waals surface area contributed by atoms with Gasteiger partial charge in [0.25, 0.3) is 5.56 Å². The van der Waals surface area contributed by atoms with Crippen molar-refractivity contribution in [2.24, 2.45) is 0 Å². The van der Waals surface area contributed by atoms with E-state index in [2.05, 4.69) is 9.97 Å². The lowest BCUT2D eigenvalue weighted by molar-refractivity contribution is 0.142. The van der Waals surface area contributed by atoms with Crippen molar-refractivity contribution in [3.8, 4) is 0 Å². The third-order valence-corrected chi connectivity index (χ3v) is 5.06. The molecule has 0 radical (unpaired) electrons. The normalized spacial score (nSPS) is 14.8. The lowest BCUT2D eigenvalue weighted by atomic mass is 10.1. The van der Waals surface area contributed by atoms with Crippen molar-refractivity contribution in [1.29, 1.82) is 0 Å². The van der Waals surface area contributed by atoms with Gasteiger partial charge in [-0.3, -0.25) is 9.78 Å². The van der Waals surface area contributed by atoms with Crippen LogP contribution in [0.5, 0.6) is 0 Å². The van der Waals surface area contributed by atoms with Crippen LogP contribution in [0.25, 0.3) is 16.4 Å². The fraction of sp³-hybridized carbons (Fsp3) is 0.250. The first-order valence-electron chi connectivity index (χ1n) is 8.93. The number of pyridine rings is 3. The Morgan fingerprint density at radius 3 is 2.81 bits per heavy atom. The van der Waals surface area contributed by atoms with Gasteiger partial charge >= 0.3 is 0 Å². The van der Waals surface area contributed by atoms with Crippen LogP contribution in [0.1, 0.15) is 11.3 Å². The van der Waals surface area contributed by atoms with Gasteiger partial charge in [-0.15, -0.1) is 0 Å². The van der Waals surface area contributed by atoms with Gasteiger partial charge in [-0.2, -0.15) is 0 Å². The van der Waals surface area contributed by atoms with E-state index in [4.69, 9.17) is 0 Å². The van der Waals surface area contributed by atoms with E-state index in [1.165, 1.54) is 0 Å². The fourth-order valence-electron chi connectivity index (χ4n) is 3.63. The molecule has 5 rings (SSSR count). The van der Waals surface area contributed by atoms with Gasteiger partial charge in [0.1, 0.15) is 5.65 Å². The smallest absolute Gasteiger partial charge is 0.260 e. The number of hydrogen-bond acceptors (Lipinski definition) is 5. The number of imidazole rings is 1. The standard InChI is InChI=1S/C20H19N5O2/c1-13-2-3-19-22-14(10-25(19)8-13)9-23-5-4-16-17(20(23)27)6-21-7-18(16)24-11-15(26)12-24/h2-8,10,15,26H,9,11-12H2,1H3. The summed E-state index contributed by atoms with van der Waals surface area (Å²) in [5, 5.41) is 11.0. The molecule has 4 aromatic heterocycles. The number of aliphatic hydroxyl groups is 1. The second kappa shape index (κ2) is 5.92. The van der Waals surface area contributed by atoms with Crippen LogP contribution in [0.3, 0.4) is 0 Å². The topological polar surface area (TPSA) is 75.7 Å². The molecule has 0 bridgehead atoms. The van der Waals surface area contributed by atoms with Gasteiger partial charge in [0.15, 0.2) is 0 Å². The Hall–Kier alpha value is -3.19. The van der Waals surface area contributed by atoms with Gasteiger partial charge in [0, 0.05) is 43.3 Å². The first kappa shape index (κ1) is 16.0. The molecule has 1 aliphatic heterocycles. The summed E-state index contributed by atoms with van der Waals surface area (Å²) in [5.74, 6) is 0. The highest BCUT2D eigenvalue weighted by Gasteiger charge is 2.26. The van der Waals surface area contributed by atoms with Crippen molar-refractivity contribution >= 4 is 22.1 Å². The molecule has 1 fully saturated rings. The van der Waals surface area contributed by atoms with E-state index in [0.717, 1.165) is 28.0 Å². The van der Waals surface area contributed by atoms with Crippen molar-refractivity contribution < 1.29 is 5.11 Å². The number of β-amino-alcohol motifs (C(OH)–C–C–N with tert-alkyl or cyclic N) is 1. The maximum absolute atomic E-state index is 13.0. The number of nitrogens with zero attached hydrogens (tertiary/aromatic N) is 5. The highest BCUT2D eigenvalue weighted by Crippen LogP contribution is 2.27. The Balaban J connectivity index is 1.53. The Labute approximate surface area is 155 Å². The number of hydrogen-bond donors (Lipinski definition) is 1. The summed E-state index contributed by atoms with van der Waals surface area (Å²) >= 11 is 0. The molecule has 1 aliphatic rings. The van der Waals surface area contributed by atoms with Gasteiger partial charge in [-0.05, 0) is 24.6 Å². The van der Waals surface area contributed by atoms with Crippen molar-refractivity contribution in [3.63, 3.8) is 0 Å². The van der Waals surface area contributed by atoms with Crippen molar-refractivity contribution in [2.75, 3.05) is 18.0 Å². The molecule has 1 saturated heterocycles. The number of rotatable bonds is 3. The van der Waals surface area contributed by atoms with Crippen molar-refractivity contribution in [3.05, 3.63) is 70.8 Å². The minimum atomic E-state index is -0.306. The van der Waals surface area contributed by atoms with E-state index >= 15 is 0 Å². The summed E-state index contributed by atoms with van der Waals surface area (Å²) in [4.78, 5) is 23.8. The Morgan fingerprint density at radius 2 is 2.00 bits per heavy atom. The summed E-state index contributed by atoms with van der Waals surface area (Å²) in [6, 6.07) is 5.94. The van der Waals surface area contributed by atoms with Crippen LogP contribution in [-0.2, 0) is 6.54 Å². The Kier molecular flexibility index (Phi) is 3.51. The maximum Gasteiger partial charge on any atom is 0.260 e. The molecule has 5 heterocycles. The van der Waals surface area contributed by atoms with Crippen LogP contribution in [-0.4, -0.2) is 43.2 Å². The average molecular weight is 361 g/mol. The SMILES string of the molecule is Cc1ccc2nc(Cn3ccc4c(N5CC(O)C5)cncc4c3=O)cn2c1. The van der Waals surface area contributed by atoms with Crippen LogP contribution in [0.15, 0.2) is 54.0 Å². The van der Waals surface area contributed by atoms with Crippen LogP contribution in [0.4, 0.5) is 5.69 Å². The van der Waals surface area contributed by atoms with E-state index in [9.17, 15) is 9.90 Å². The second-order valence-electron chi connectivity index (χ2n) is 7.13. The molecular formula is C20H19N5O2. The summed E-state index contributed by atoms with van der Waals surface area (Å²) in [6.45, 7) is 3.59. The molecule has 0 aliphatic carbocycles. The first-order chi connectivity index (χ1) is 13.1. The van der Waals surface area contributed by atoms with Gasteiger partial charge in [0.2, 0.25) is 0 Å². The van der Waals surface area contributed by atoms with Crippen molar-refractivity contribution in [2.45, 2.75) is 19.6 Å². The predicted molar refractivity (Wildman–Crippen MR) is 103 cm³/mol. The minimum Gasteiger partial charge on any atom is -0.389 e. The second-order valence-corrected chi connectivity index (χ2v) is 7.13. The summed E-state index contributed by atoms with van der Waals surface area (Å²) < 4.78 is 3.64. The van der Waals surface area contributed by atoms with Gasteiger partial charge in [-0.25, -0.2) is 4.98 Å². The molecule has 0 atom stereocenters. The highest BCUT2D eigenvalue weighted by molar-refractivity contribution is 5.93. The van der Waals surface area contributed by atoms with Crippen LogP contribution < -0.4 is 10.5 Å². The number of fused-ring (bicyclic) bond motifs is 2. The third-order valence-electron chi connectivity index (χ3n) is 5.06. The molecule has 7 nitrogen and oxygen atoms in total. The molecule has 0 amide bonds. The zero-order valence-electron chi connectivity index (χ0n) is 14.9. The molecule has 0 saturated carbocycles. The number of aromatic nitrogens is 4. The largest absolute Gasteiger partial charge is 0.389 e. The molecule has 27 heavy (non-hydrogen) atoms. The number of anilines is 1. The lowest BCUT2D eigenvalue weighted by Crippen LogP contribution is -2.51. The lowest BCUT2D eigenvalue weighted by Gasteiger charge is -2.38. The van der Waals surface area contributed by atoms with E-state index in [1.807, 2.05) is 46.8 Å². The predicted octanol–water partition coefficient (Wildman–Crippen LogP) is 1.58. The molecule has 7 heteroatoms. The first-order valence-corrected chi connectivity index (χ1v) is 8.93. The number of aryl methyl sites for hydroxylation is 1. The van der Waals surface area contributed by atoms with Crippen LogP contribution in [0.2, 0.25) is 0 Å². The fourth-order valence-corrected chi connectivity index (χ4v) is 3.63. The minimum absolute atomic E-state index is 0.0869. The van der Waals surface area contributed by atoms with Gasteiger partial charge in [0.05, 0.1) is 35.6 Å². The summed E-state index contributed by atoms with van der Waals surface area (Å²) in [6.07, 6.45) is 8.84. The molecular weight excluding hydrogens is 342 g/mol. The Bertz CT molecular complexity index is 1220. The average Bonchev–Trinajstić information content (AvgIpc) is 3.02. The zero-order valence-corrected chi connectivity index (χ0v) is 14.9. The van der Waals surface area contributed by atoms with E-state index in [-0.39, 0.29) is 11.7 Å². The quantitative estimate of drug-likeness (QED) is 0.600. The van der Waals surface area contributed by atoms with E-state index in [1.54, 1.807) is 23.2 Å². The third kappa shape index (κ3) is 2.67. The summed E-state index contributed by atoms with van der Waals surface area (Å²) in [5.41, 5.74) is 3.66.